The number of hydrogen-bond donors (Lipinski definition) is 2. The van der Waals surface area contributed by atoms with Crippen LogP contribution >= 0.6 is 22.9 Å². The Bertz CT molecular complexity index is 804. The zero-order valence-corrected chi connectivity index (χ0v) is 17.6. The number of amides is 3. The molecule has 0 unspecified atom stereocenters. The van der Waals surface area contributed by atoms with Crippen LogP contribution in [0.4, 0.5) is 10.5 Å². The van der Waals surface area contributed by atoms with Gasteiger partial charge >= 0.3 is 6.03 Å². The van der Waals surface area contributed by atoms with Crippen LogP contribution < -0.4 is 10.6 Å². The second-order valence-electron chi connectivity index (χ2n) is 7.11. The maximum absolute atomic E-state index is 12.8. The lowest BCUT2D eigenvalue weighted by Gasteiger charge is -2.31. The number of thiophene rings is 1. The van der Waals surface area contributed by atoms with Gasteiger partial charge in [-0.05, 0) is 48.9 Å². The largest absolute Gasteiger partial charge is 0.339 e. The summed E-state index contributed by atoms with van der Waals surface area (Å²) in [5.41, 5.74) is 1.04. The highest BCUT2D eigenvalue weighted by Crippen LogP contribution is 2.26. The number of rotatable bonds is 6. The van der Waals surface area contributed by atoms with Crippen molar-refractivity contribution in [3.05, 3.63) is 51.2 Å². The number of anilines is 1. The van der Waals surface area contributed by atoms with Crippen LogP contribution in [-0.2, 0) is 6.42 Å². The van der Waals surface area contributed by atoms with Crippen LogP contribution in [0.3, 0.4) is 0 Å². The summed E-state index contributed by atoms with van der Waals surface area (Å²) in [6.45, 7) is 0.558. The molecule has 1 aromatic heterocycles. The number of halogens is 1. The molecule has 0 radical (unpaired) electrons. The molecule has 0 spiro atoms. The van der Waals surface area contributed by atoms with Crippen molar-refractivity contribution < 1.29 is 9.59 Å². The summed E-state index contributed by atoms with van der Waals surface area (Å²) in [5.74, 6) is -0.0659. The Hall–Kier alpha value is -2.05. The van der Waals surface area contributed by atoms with Crippen molar-refractivity contribution in [1.82, 2.24) is 10.2 Å². The van der Waals surface area contributed by atoms with Crippen molar-refractivity contribution in [2.24, 2.45) is 0 Å². The Morgan fingerprint density at radius 2 is 2.00 bits per heavy atom. The standard InChI is InChI=1S/C21H26ClN3O2S/c1-25(16-6-3-2-4-7-16)20(26)18-10-9-15(14-19(18)22)24-21(27)23-12-11-17-8-5-13-28-17/h5,8-10,13-14,16H,2-4,6-7,11-12H2,1H3,(H2,23,24,27). The number of benzene rings is 1. The lowest BCUT2D eigenvalue weighted by atomic mass is 9.94. The number of urea groups is 1. The summed E-state index contributed by atoms with van der Waals surface area (Å²) >= 11 is 8.02. The van der Waals surface area contributed by atoms with Gasteiger partial charge in [-0.1, -0.05) is 36.9 Å². The van der Waals surface area contributed by atoms with E-state index in [2.05, 4.69) is 10.6 Å². The second-order valence-corrected chi connectivity index (χ2v) is 8.55. The normalized spacial score (nSPS) is 14.5. The van der Waals surface area contributed by atoms with E-state index in [1.54, 1.807) is 29.5 Å². The maximum atomic E-state index is 12.8. The molecule has 0 saturated heterocycles. The summed E-state index contributed by atoms with van der Waals surface area (Å²) in [6, 6.07) is 9.07. The highest BCUT2D eigenvalue weighted by Gasteiger charge is 2.24. The van der Waals surface area contributed by atoms with Gasteiger partial charge in [0.25, 0.3) is 5.91 Å². The SMILES string of the molecule is CN(C(=O)c1ccc(NC(=O)NCCc2cccs2)cc1Cl)C1CCCCC1. The number of nitrogens with zero attached hydrogens (tertiary/aromatic N) is 1. The highest BCUT2D eigenvalue weighted by atomic mass is 35.5. The molecule has 3 amide bonds. The van der Waals surface area contributed by atoms with E-state index in [9.17, 15) is 9.59 Å². The smallest absolute Gasteiger partial charge is 0.319 e. The molecule has 3 rings (SSSR count). The topological polar surface area (TPSA) is 61.4 Å². The molecule has 0 bridgehead atoms. The number of carbonyl (C=O) groups excluding carboxylic acids is 2. The molecule has 1 heterocycles. The third kappa shape index (κ3) is 5.49. The fourth-order valence-electron chi connectivity index (χ4n) is 3.52. The molecule has 2 N–H and O–H groups in total. The summed E-state index contributed by atoms with van der Waals surface area (Å²) in [7, 11) is 1.85. The first kappa shape index (κ1) is 20.7. The van der Waals surface area contributed by atoms with Gasteiger partial charge in [0.1, 0.15) is 0 Å². The van der Waals surface area contributed by atoms with Crippen LogP contribution in [0.15, 0.2) is 35.7 Å². The molecule has 5 nitrogen and oxygen atoms in total. The predicted molar refractivity (Wildman–Crippen MR) is 115 cm³/mol. The van der Waals surface area contributed by atoms with E-state index in [1.807, 2.05) is 29.5 Å². The predicted octanol–water partition coefficient (Wildman–Crippen LogP) is 5.17. The van der Waals surface area contributed by atoms with Crippen molar-refractivity contribution >= 4 is 40.6 Å². The van der Waals surface area contributed by atoms with Crippen LogP contribution in [-0.4, -0.2) is 36.5 Å². The van der Waals surface area contributed by atoms with Crippen LogP contribution in [0.25, 0.3) is 0 Å². The third-order valence-electron chi connectivity index (χ3n) is 5.14. The van der Waals surface area contributed by atoms with Crippen molar-refractivity contribution in [2.45, 2.75) is 44.6 Å². The van der Waals surface area contributed by atoms with Crippen molar-refractivity contribution in [1.29, 1.82) is 0 Å². The number of hydrogen-bond acceptors (Lipinski definition) is 3. The minimum Gasteiger partial charge on any atom is -0.339 e. The van der Waals surface area contributed by atoms with E-state index < -0.39 is 0 Å². The molecule has 1 fully saturated rings. The number of carbonyl (C=O) groups is 2. The van der Waals surface area contributed by atoms with Gasteiger partial charge in [-0.3, -0.25) is 4.79 Å². The zero-order chi connectivity index (χ0) is 19.9. The Morgan fingerprint density at radius 1 is 1.21 bits per heavy atom. The molecule has 1 aromatic carbocycles. The zero-order valence-electron chi connectivity index (χ0n) is 16.0. The summed E-state index contributed by atoms with van der Waals surface area (Å²) in [4.78, 5) is 27.9. The molecule has 1 saturated carbocycles. The number of nitrogens with one attached hydrogen (secondary N) is 2. The maximum Gasteiger partial charge on any atom is 0.319 e. The van der Waals surface area contributed by atoms with Crippen LogP contribution in [0, 0.1) is 0 Å². The lowest BCUT2D eigenvalue weighted by Crippen LogP contribution is -2.38. The van der Waals surface area contributed by atoms with Gasteiger partial charge in [-0.2, -0.15) is 0 Å². The molecule has 150 valence electrons. The van der Waals surface area contributed by atoms with E-state index in [-0.39, 0.29) is 18.0 Å². The van der Waals surface area contributed by atoms with E-state index >= 15 is 0 Å². The molecular formula is C21H26ClN3O2S. The molecule has 2 aromatic rings. The minimum absolute atomic E-state index is 0.0659. The van der Waals surface area contributed by atoms with Gasteiger partial charge < -0.3 is 15.5 Å². The molecule has 0 aliphatic heterocycles. The first-order valence-corrected chi connectivity index (χ1v) is 10.9. The average molecular weight is 420 g/mol. The molecule has 28 heavy (non-hydrogen) atoms. The van der Waals surface area contributed by atoms with Gasteiger partial charge in [0.2, 0.25) is 0 Å². The Kier molecular flexibility index (Phi) is 7.34. The average Bonchev–Trinajstić information content (AvgIpc) is 3.21. The van der Waals surface area contributed by atoms with Gasteiger partial charge in [0.05, 0.1) is 10.6 Å². The van der Waals surface area contributed by atoms with Gasteiger partial charge in [0.15, 0.2) is 0 Å². The second kappa shape index (κ2) is 9.94. The van der Waals surface area contributed by atoms with E-state index in [0.29, 0.717) is 22.8 Å². The lowest BCUT2D eigenvalue weighted by molar-refractivity contribution is 0.0696. The van der Waals surface area contributed by atoms with Gasteiger partial charge in [-0.15, -0.1) is 11.3 Å². The Balaban J connectivity index is 1.54. The van der Waals surface area contributed by atoms with E-state index in [4.69, 9.17) is 11.6 Å². The Morgan fingerprint density at radius 3 is 2.68 bits per heavy atom. The van der Waals surface area contributed by atoms with Crippen LogP contribution in [0.1, 0.15) is 47.3 Å². The summed E-state index contributed by atoms with van der Waals surface area (Å²) in [5, 5.41) is 7.96. The van der Waals surface area contributed by atoms with E-state index in [1.165, 1.54) is 24.1 Å². The fraction of sp³-hybridized carbons (Fsp3) is 0.429. The molecule has 7 heteroatoms. The van der Waals surface area contributed by atoms with Gasteiger partial charge in [-0.25, -0.2) is 4.79 Å². The van der Waals surface area contributed by atoms with Crippen LogP contribution in [0.5, 0.6) is 0 Å². The summed E-state index contributed by atoms with van der Waals surface area (Å²) in [6.07, 6.45) is 6.47. The Labute approximate surface area is 175 Å². The molecule has 1 aliphatic carbocycles. The fourth-order valence-corrected chi connectivity index (χ4v) is 4.49. The monoisotopic (exact) mass is 419 g/mol. The molecule has 0 atom stereocenters. The van der Waals surface area contributed by atoms with Crippen LogP contribution in [0.2, 0.25) is 5.02 Å². The quantitative estimate of drug-likeness (QED) is 0.678. The summed E-state index contributed by atoms with van der Waals surface area (Å²) < 4.78 is 0. The molecular weight excluding hydrogens is 394 g/mol. The third-order valence-corrected chi connectivity index (χ3v) is 6.39. The van der Waals surface area contributed by atoms with E-state index in [0.717, 1.165) is 19.3 Å². The highest BCUT2D eigenvalue weighted by molar-refractivity contribution is 7.09. The minimum atomic E-state index is -0.286. The van der Waals surface area contributed by atoms with Crippen molar-refractivity contribution in [3.63, 3.8) is 0 Å². The first-order valence-electron chi connectivity index (χ1n) is 9.68. The first-order chi connectivity index (χ1) is 13.5. The van der Waals surface area contributed by atoms with Gasteiger partial charge in [0, 0.05) is 30.2 Å². The van der Waals surface area contributed by atoms with Crippen molar-refractivity contribution in [2.75, 3.05) is 18.9 Å². The van der Waals surface area contributed by atoms with Crippen molar-refractivity contribution in [3.8, 4) is 0 Å². The molecule has 1 aliphatic rings.